The lowest BCUT2D eigenvalue weighted by Gasteiger charge is -2.22. The summed E-state index contributed by atoms with van der Waals surface area (Å²) >= 11 is 3.29. The van der Waals surface area contributed by atoms with Crippen molar-refractivity contribution in [3.8, 4) is 0 Å². The minimum Gasteiger partial charge on any atom is -0.333 e. The highest BCUT2D eigenvalue weighted by Crippen LogP contribution is 2.18. The number of halogens is 2. The van der Waals surface area contributed by atoms with Crippen molar-refractivity contribution in [1.82, 2.24) is 9.88 Å². The Bertz CT molecular complexity index is 398. The van der Waals surface area contributed by atoms with E-state index in [2.05, 4.69) is 20.9 Å². The summed E-state index contributed by atoms with van der Waals surface area (Å²) < 4.78 is 0.871. The molecule has 94 valence electrons. The molecular formula is C11H15BrClN3O. The zero-order valence-electron chi connectivity index (χ0n) is 9.47. The Hall–Kier alpha value is -0.650. The zero-order chi connectivity index (χ0) is 11.7. The molecule has 1 aromatic rings. The molecule has 1 amide bonds. The van der Waals surface area contributed by atoms with E-state index in [0.717, 1.165) is 17.4 Å². The first-order valence-corrected chi connectivity index (χ1v) is 6.07. The highest BCUT2D eigenvalue weighted by molar-refractivity contribution is 9.10. The van der Waals surface area contributed by atoms with Crippen LogP contribution in [0.1, 0.15) is 23.8 Å². The summed E-state index contributed by atoms with van der Waals surface area (Å²) in [5.74, 6) is -0.0343. The van der Waals surface area contributed by atoms with Gasteiger partial charge in [0, 0.05) is 29.3 Å². The second-order valence-corrected chi connectivity index (χ2v) is 4.97. The van der Waals surface area contributed by atoms with E-state index in [1.54, 1.807) is 17.2 Å². The van der Waals surface area contributed by atoms with Crippen molar-refractivity contribution in [2.45, 2.75) is 25.4 Å². The van der Waals surface area contributed by atoms with Gasteiger partial charge in [0.2, 0.25) is 0 Å². The van der Waals surface area contributed by atoms with Gasteiger partial charge in [0.25, 0.3) is 5.91 Å². The standard InChI is InChI=1S/C11H14BrN3O.ClH/c1-7-9(13)4-5-15(7)11(16)10-3-2-8(12)6-14-10;/h2-3,6-7,9H,4-5,13H2,1H3;1H. The van der Waals surface area contributed by atoms with E-state index in [0.29, 0.717) is 5.69 Å². The van der Waals surface area contributed by atoms with Gasteiger partial charge in [-0.15, -0.1) is 12.4 Å². The highest BCUT2D eigenvalue weighted by atomic mass is 79.9. The predicted molar refractivity (Wildman–Crippen MR) is 72.3 cm³/mol. The number of hydrogen-bond acceptors (Lipinski definition) is 3. The monoisotopic (exact) mass is 319 g/mol. The molecule has 0 bridgehead atoms. The summed E-state index contributed by atoms with van der Waals surface area (Å²) in [4.78, 5) is 18.0. The number of rotatable bonds is 1. The fourth-order valence-electron chi connectivity index (χ4n) is 1.90. The minimum absolute atomic E-state index is 0. The summed E-state index contributed by atoms with van der Waals surface area (Å²) in [7, 11) is 0. The fourth-order valence-corrected chi connectivity index (χ4v) is 2.13. The van der Waals surface area contributed by atoms with Crippen molar-refractivity contribution in [3.63, 3.8) is 0 Å². The average molecular weight is 321 g/mol. The maximum atomic E-state index is 12.1. The molecule has 2 heterocycles. The van der Waals surface area contributed by atoms with Crippen LogP contribution in [0, 0.1) is 0 Å². The van der Waals surface area contributed by atoms with E-state index in [9.17, 15) is 4.79 Å². The normalized spacial score (nSPS) is 23.4. The number of likely N-dealkylation sites (tertiary alicyclic amines) is 1. The van der Waals surface area contributed by atoms with E-state index < -0.39 is 0 Å². The first-order valence-electron chi connectivity index (χ1n) is 5.27. The number of carbonyl (C=O) groups excluding carboxylic acids is 1. The topological polar surface area (TPSA) is 59.2 Å². The molecular weight excluding hydrogens is 305 g/mol. The van der Waals surface area contributed by atoms with Gasteiger partial charge in [0.1, 0.15) is 5.69 Å². The second-order valence-electron chi connectivity index (χ2n) is 4.05. The van der Waals surface area contributed by atoms with Gasteiger partial charge in [-0.05, 0) is 41.4 Å². The molecule has 1 aliphatic rings. The third kappa shape index (κ3) is 2.97. The van der Waals surface area contributed by atoms with E-state index in [1.165, 1.54) is 0 Å². The number of pyridine rings is 1. The molecule has 1 aromatic heterocycles. The van der Waals surface area contributed by atoms with Gasteiger partial charge in [0.05, 0.1) is 0 Å². The van der Waals surface area contributed by atoms with Gasteiger partial charge in [-0.2, -0.15) is 0 Å². The summed E-state index contributed by atoms with van der Waals surface area (Å²) in [5, 5.41) is 0. The summed E-state index contributed by atoms with van der Waals surface area (Å²) in [6.45, 7) is 2.70. The molecule has 4 nitrogen and oxygen atoms in total. The summed E-state index contributed by atoms with van der Waals surface area (Å²) in [6.07, 6.45) is 2.50. The molecule has 0 aliphatic carbocycles. The molecule has 2 unspecified atom stereocenters. The lowest BCUT2D eigenvalue weighted by molar-refractivity contribution is 0.0736. The number of amides is 1. The molecule has 2 atom stereocenters. The van der Waals surface area contributed by atoms with Gasteiger partial charge < -0.3 is 10.6 Å². The molecule has 2 N–H and O–H groups in total. The Labute approximate surface area is 115 Å². The first-order chi connectivity index (χ1) is 7.59. The lowest BCUT2D eigenvalue weighted by Crippen LogP contribution is -2.40. The van der Waals surface area contributed by atoms with Crippen LogP contribution in [0.3, 0.4) is 0 Å². The quantitative estimate of drug-likeness (QED) is 0.859. The maximum absolute atomic E-state index is 12.1. The van der Waals surface area contributed by atoms with Crippen LogP contribution in [-0.4, -0.2) is 34.4 Å². The second kappa shape index (κ2) is 5.80. The van der Waals surface area contributed by atoms with Crippen molar-refractivity contribution in [2.75, 3.05) is 6.54 Å². The fraction of sp³-hybridized carbons (Fsp3) is 0.455. The smallest absolute Gasteiger partial charge is 0.272 e. The number of aromatic nitrogens is 1. The van der Waals surface area contributed by atoms with Gasteiger partial charge in [-0.3, -0.25) is 4.79 Å². The Kier molecular flexibility index (Phi) is 4.91. The molecule has 2 rings (SSSR count). The van der Waals surface area contributed by atoms with Crippen LogP contribution in [0.15, 0.2) is 22.8 Å². The molecule has 0 spiro atoms. The van der Waals surface area contributed by atoms with Crippen LogP contribution in [0.2, 0.25) is 0 Å². The molecule has 0 saturated carbocycles. The molecule has 17 heavy (non-hydrogen) atoms. The minimum atomic E-state index is -0.0343. The number of hydrogen-bond donors (Lipinski definition) is 1. The van der Waals surface area contributed by atoms with Crippen LogP contribution < -0.4 is 5.73 Å². The van der Waals surface area contributed by atoms with Gasteiger partial charge in [0.15, 0.2) is 0 Å². The van der Waals surface area contributed by atoms with Crippen LogP contribution in [0.5, 0.6) is 0 Å². The molecule has 6 heteroatoms. The van der Waals surface area contributed by atoms with Crippen LogP contribution in [-0.2, 0) is 0 Å². The van der Waals surface area contributed by atoms with Crippen molar-refractivity contribution >= 4 is 34.2 Å². The average Bonchev–Trinajstić information content (AvgIpc) is 2.60. The maximum Gasteiger partial charge on any atom is 0.272 e. The Morgan fingerprint density at radius 1 is 1.59 bits per heavy atom. The van der Waals surface area contributed by atoms with Gasteiger partial charge >= 0.3 is 0 Å². The van der Waals surface area contributed by atoms with Crippen LogP contribution >= 0.6 is 28.3 Å². The molecule has 0 radical (unpaired) electrons. The molecule has 1 fully saturated rings. The SMILES string of the molecule is CC1C(N)CCN1C(=O)c1ccc(Br)cn1.Cl. The third-order valence-corrected chi connectivity index (χ3v) is 3.49. The van der Waals surface area contributed by atoms with Crippen LogP contribution in [0.25, 0.3) is 0 Å². The van der Waals surface area contributed by atoms with Gasteiger partial charge in [-0.1, -0.05) is 0 Å². The highest BCUT2D eigenvalue weighted by Gasteiger charge is 2.32. The Morgan fingerprint density at radius 3 is 2.76 bits per heavy atom. The predicted octanol–water partition coefficient (Wildman–Crippen LogP) is 1.83. The van der Waals surface area contributed by atoms with E-state index in [-0.39, 0.29) is 30.4 Å². The van der Waals surface area contributed by atoms with Crippen molar-refractivity contribution < 1.29 is 4.79 Å². The number of nitrogens with two attached hydrogens (primary N) is 1. The molecule has 1 saturated heterocycles. The Balaban J connectivity index is 0.00000144. The van der Waals surface area contributed by atoms with E-state index >= 15 is 0 Å². The van der Waals surface area contributed by atoms with Gasteiger partial charge in [-0.25, -0.2) is 4.98 Å². The van der Waals surface area contributed by atoms with Crippen LogP contribution in [0.4, 0.5) is 0 Å². The Morgan fingerprint density at radius 2 is 2.29 bits per heavy atom. The van der Waals surface area contributed by atoms with Crippen molar-refractivity contribution in [1.29, 1.82) is 0 Å². The lowest BCUT2D eigenvalue weighted by atomic mass is 10.1. The number of carbonyl (C=O) groups is 1. The molecule has 1 aliphatic heterocycles. The summed E-state index contributed by atoms with van der Waals surface area (Å²) in [5.41, 5.74) is 6.36. The third-order valence-electron chi connectivity index (χ3n) is 3.02. The zero-order valence-corrected chi connectivity index (χ0v) is 11.9. The molecule has 0 aromatic carbocycles. The van der Waals surface area contributed by atoms with E-state index in [1.807, 2.05) is 13.0 Å². The number of nitrogens with zero attached hydrogens (tertiary/aromatic N) is 2. The first kappa shape index (κ1) is 14.4. The van der Waals surface area contributed by atoms with Crippen molar-refractivity contribution in [3.05, 3.63) is 28.5 Å². The summed E-state index contributed by atoms with van der Waals surface area (Å²) in [6, 6.07) is 3.72. The van der Waals surface area contributed by atoms with Crippen molar-refractivity contribution in [2.24, 2.45) is 5.73 Å². The largest absolute Gasteiger partial charge is 0.333 e. The van der Waals surface area contributed by atoms with E-state index in [4.69, 9.17) is 5.73 Å².